The SMILES string of the molecule is CC[C@H]1CN(Cc2cncnc2)C[C@]2(CCOC2)O1. The van der Waals surface area contributed by atoms with Crippen LogP contribution in [0.4, 0.5) is 0 Å². The minimum absolute atomic E-state index is 0.0887. The zero-order valence-corrected chi connectivity index (χ0v) is 11.4. The van der Waals surface area contributed by atoms with Gasteiger partial charge in [0, 0.05) is 50.6 Å². The largest absolute Gasteiger partial charge is 0.378 e. The molecule has 104 valence electrons. The van der Waals surface area contributed by atoms with Crippen LogP contribution in [0, 0.1) is 0 Å². The van der Waals surface area contributed by atoms with E-state index in [-0.39, 0.29) is 5.60 Å². The van der Waals surface area contributed by atoms with E-state index in [1.807, 2.05) is 12.4 Å². The molecule has 0 bridgehead atoms. The van der Waals surface area contributed by atoms with Crippen molar-refractivity contribution in [3.8, 4) is 0 Å². The predicted octanol–water partition coefficient (Wildman–Crippen LogP) is 1.25. The lowest BCUT2D eigenvalue weighted by molar-refractivity contribution is -0.156. The average Bonchev–Trinajstić information content (AvgIpc) is 2.87. The molecule has 0 saturated carbocycles. The minimum atomic E-state index is -0.0887. The Hall–Kier alpha value is -1.04. The van der Waals surface area contributed by atoms with Crippen molar-refractivity contribution < 1.29 is 9.47 Å². The Morgan fingerprint density at radius 1 is 1.42 bits per heavy atom. The van der Waals surface area contributed by atoms with Crippen molar-refractivity contribution in [1.29, 1.82) is 0 Å². The zero-order valence-electron chi connectivity index (χ0n) is 11.4. The van der Waals surface area contributed by atoms with Gasteiger partial charge in [-0.3, -0.25) is 4.90 Å². The molecule has 2 aliphatic rings. The highest BCUT2D eigenvalue weighted by molar-refractivity contribution is 5.04. The molecule has 0 amide bonds. The molecule has 1 aromatic rings. The van der Waals surface area contributed by atoms with Gasteiger partial charge in [-0.2, -0.15) is 0 Å². The summed E-state index contributed by atoms with van der Waals surface area (Å²) in [7, 11) is 0. The number of rotatable bonds is 3. The summed E-state index contributed by atoms with van der Waals surface area (Å²) in [4.78, 5) is 10.6. The lowest BCUT2D eigenvalue weighted by Gasteiger charge is -2.43. The maximum atomic E-state index is 6.25. The van der Waals surface area contributed by atoms with E-state index in [4.69, 9.17) is 9.47 Å². The Kier molecular flexibility index (Phi) is 3.77. The van der Waals surface area contributed by atoms with Gasteiger partial charge in [-0.25, -0.2) is 9.97 Å². The second-order valence-electron chi connectivity index (χ2n) is 5.55. The number of nitrogens with zero attached hydrogens (tertiary/aromatic N) is 3. The van der Waals surface area contributed by atoms with Crippen LogP contribution in [0.25, 0.3) is 0 Å². The molecule has 3 rings (SSSR count). The summed E-state index contributed by atoms with van der Waals surface area (Å²) < 4.78 is 11.8. The highest BCUT2D eigenvalue weighted by Gasteiger charge is 2.43. The van der Waals surface area contributed by atoms with Crippen molar-refractivity contribution in [3.63, 3.8) is 0 Å². The van der Waals surface area contributed by atoms with Crippen molar-refractivity contribution in [2.24, 2.45) is 0 Å². The number of hydrogen-bond acceptors (Lipinski definition) is 5. The standard InChI is InChI=1S/C14H21N3O2/c1-2-13-8-17(7-12-5-15-11-16-6-12)9-14(19-13)3-4-18-10-14/h5-6,11,13H,2-4,7-10H2,1H3/t13-,14-/m0/s1. The summed E-state index contributed by atoms with van der Waals surface area (Å²) in [6, 6.07) is 0. The van der Waals surface area contributed by atoms with Gasteiger partial charge in [-0.15, -0.1) is 0 Å². The summed E-state index contributed by atoms with van der Waals surface area (Å²) in [5.74, 6) is 0. The molecule has 5 heteroatoms. The molecule has 2 atom stereocenters. The van der Waals surface area contributed by atoms with Gasteiger partial charge in [0.2, 0.25) is 0 Å². The van der Waals surface area contributed by atoms with Crippen LogP contribution in [-0.4, -0.2) is 52.9 Å². The van der Waals surface area contributed by atoms with Crippen LogP contribution in [0.5, 0.6) is 0 Å². The number of ether oxygens (including phenoxy) is 2. The fourth-order valence-corrected chi connectivity index (χ4v) is 3.00. The van der Waals surface area contributed by atoms with Gasteiger partial charge < -0.3 is 9.47 Å². The summed E-state index contributed by atoms with van der Waals surface area (Å²) >= 11 is 0. The Labute approximate surface area is 113 Å². The van der Waals surface area contributed by atoms with E-state index in [1.165, 1.54) is 0 Å². The van der Waals surface area contributed by atoms with Crippen LogP contribution in [0.1, 0.15) is 25.3 Å². The second-order valence-corrected chi connectivity index (χ2v) is 5.55. The molecule has 2 aliphatic heterocycles. The van der Waals surface area contributed by atoms with Crippen molar-refractivity contribution in [3.05, 3.63) is 24.3 Å². The number of aromatic nitrogens is 2. The van der Waals surface area contributed by atoms with Crippen molar-refractivity contribution in [2.75, 3.05) is 26.3 Å². The van der Waals surface area contributed by atoms with Crippen molar-refractivity contribution in [2.45, 2.75) is 38.0 Å². The highest BCUT2D eigenvalue weighted by Crippen LogP contribution is 2.31. The molecule has 0 aliphatic carbocycles. The molecule has 3 heterocycles. The zero-order chi connectivity index (χ0) is 13.1. The summed E-state index contributed by atoms with van der Waals surface area (Å²) in [6.07, 6.45) is 7.71. The molecule has 19 heavy (non-hydrogen) atoms. The quantitative estimate of drug-likeness (QED) is 0.821. The third-order valence-corrected chi connectivity index (χ3v) is 3.93. The Morgan fingerprint density at radius 2 is 2.26 bits per heavy atom. The van der Waals surface area contributed by atoms with Crippen molar-refractivity contribution in [1.82, 2.24) is 14.9 Å². The van der Waals surface area contributed by atoms with Gasteiger partial charge in [-0.1, -0.05) is 6.92 Å². The monoisotopic (exact) mass is 263 g/mol. The molecule has 1 aromatic heterocycles. The van der Waals surface area contributed by atoms with Gasteiger partial charge in [0.1, 0.15) is 11.9 Å². The molecule has 0 radical (unpaired) electrons. The first kappa shape index (κ1) is 13.0. The van der Waals surface area contributed by atoms with Gasteiger partial charge in [0.15, 0.2) is 0 Å². The fraction of sp³-hybridized carbons (Fsp3) is 0.714. The van der Waals surface area contributed by atoms with E-state index in [9.17, 15) is 0 Å². The van der Waals surface area contributed by atoms with E-state index in [2.05, 4.69) is 21.8 Å². The Balaban J connectivity index is 1.70. The van der Waals surface area contributed by atoms with Gasteiger partial charge >= 0.3 is 0 Å². The fourth-order valence-electron chi connectivity index (χ4n) is 3.00. The van der Waals surface area contributed by atoms with E-state index in [0.717, 1.165) is 51.3 Å². The Morgan fingerprint density at radius 3 is 2.95 bits per heavy atom. The van der Waals surface area contributed by atoms with E-state index >= 15 is 0 Å². The third kappa shape index (κ3) is 2.94. The molecule has 5 nitrogen and oxygen atoms in total. The second kappa shape index (κ2) is 5.53. The molecule has 2 fully saturated rings. The molecule has 1 spiro atoms. The maximum Gasteiger partial charge on any atom is 0.115 e. The molecule has 2 saturated heterocycles. The number of morpholine rings is 1. The molecule has 0 unspecified atom stereocenters. The van der Waals surface area contributed by atoms with E-state index in [0.29, 0.717) is 6.10 Å². The first-order chi connectivity index (χ1) is 9.30. The predicted molar refractivity (Wildman–Crippen MR) is 70.6 cm³/mol. The summed E-state index contributed by atoms with van der Waals surface area (Å²) in [6.45, 7) is 6.54. The van der Waals surface area contributed by atoms with Gasteiger partial charge in [0.25, 0.3) is 0 Å². The van der Waals surface area contributed by atoms with Crippen LogP contribution in [0.3, 0.4) is 0 Å². The average molecular weight is 263 g/mol. The van der Waals surface area contributed by atoms with Crippen molar-refractivity contribution >= 4 is 0 Å². The molecular weight excluding hydrogens is 242 g/mol. The van der Waals surface area contributed by atoms with Crippen LogP contribution < -0.4 is 0 Å². The molecule has 0 aromatic carbocycles. The first-order valence-corrected chi connectivity index (χ1v) is 7.01. The maximum absolute atomic E-state index is 6.25. The lowest BCUT2D eigenvalue weighted by atomic mass is 9.98. The smallest absolute Gasteiger partial charge is 0.115 e. The van der Waals surface area contributed by atoms with E-state index in [1.54, 1.807) is 6.33 Å². The molecule has 0 N–H and O–H groups in total. The van der Waals surface area contributed by atoms with Crippen LogP contribution >= 0.6 is 0 Å². The minimum Gasteiger partial charge on any atom is -0.378 e. The molecular formula is C14H21N3O2. The first-order valence-electron chi connectivity index (χ1n) is 7.01. The summed E-state index contributed by atoms with van der Waals surface area (Å²) in [5.41, 5.74) is 1.07. The lowest BCUT2D eigenvalue weighted by Crippen LogP contribution is -2.55. The highest BCUT2D eigenvalue weighted by atomic mass is 16.6. The van der Waals surface area contributed by atoms with Crippen LogP contribution in [0.2, 0.25) is 0 Å². The summed E-state index contributed by atoms with van der Waals surface area (Å²) in [5, 5.41) is 0. The Bertz CT molecular complexity index is 406. The normalized spacial score (nSPS) is 31.9. The van der Waals surface area contributed by atoms with Gasteiger partial charge in [0.05, 0.1) is 12.7 Å². The van der Waals surface area contributed by atoms with Crippen LogP contribution in [0.15, 0.2) is 18.7 Å². The van der Waals surface area contributed by atoms with Gasteiger partial charge in [-0.05, 0) is 6.42 Å². The van der Waals surface area contributed by atoms with E-state index < -0.39 is 0 Å². The van der Waals surface area contributed by atoms with Crippen LogP contribution in [-0.2, 0) is 16.0 Å². The number of hydrogen-bond donors (Lipinski definition) is 0. The topological polar surface area (TPSA) is 47.5 Å². The third-order valence-electron chi connectivity index (χ3n) is 3.93.